The summed E-state index contributed by atoms with van der Waals surface area (Å²) < 4.78 is 32.4. The summed E-state index contributed by atoms with van der Waals surface area (Å²) in [7, 11) is 0. The van der Waals surface area contributed by atoms with Crippen LogP contribution in [0.1, 0.15) is 11.1 Å². The molecule has 0 aliphatic heterocycles. The zero-order valence-corrected chi connectivity index (χ0v) is 11.6. The highest BCUT2D eigenvalue weighted by molar-refractivity contribution is 5.35. The van der Waals surface area contributed by atoms with E-state index < -0.39 is 21.5 Å². The number of hydrogen-bond donors (Lipinski definition) is 0. The molecule has 2 aromatic carbocycles. The van der Waals surface area contributed by atoms with Crippen molar-refractivity contribution < 1.29 is 23.4 Å². The zero-order chi connectivity index (χ0) is 17.0. The lowest BCUT2D eigenvalue weighted by atomic mass is 10.2. The summed E-state index contributed by atoms with van der Waals surface area (Å²) in [6.45, 7) is -0.444. The van der Waals surface area contributed by atoms with Gasteiger partial charge in [0.05, 0.1) is 35.2 Å². The highest BCUT2D eigenvalue weighted by Crippen LogP contribution is 2.20. The quantitative estimate of drug-likeness (QED) is 0.598. The molecule has 120 valence electrons. The summed E-state index contributed by atoms with van der Waals surface area (Å²) in [5.41, 5.74) is -0.601. The average Bonchev–Trinajstić information content (AvgIpc) is 2.49. The fourth-order valence-corrected chi connectivity index (χ4v) is 1.80. The van der Waals surface area contributed by atoms with Crippen LogP contribution in [-0.4, -0.2) is 9.85 Å². The summed E-state index contributed by atoms with van der Waals surface area (Å²) in [6.07, 6.45) is 0. The van der Waals surface area contributed by atoms with E-state index in [9.17, 15) is 29.0 Å². The van der Waals surface area contributed by atoms with Crippen molar-refractivity contribution in [3.05, 3.63) is 79.4 Å². The van der Waals surface area contributed by atoms with E-state index in [1.54, 1.807) is 0 Å². The molecule has 23 heavy (non-hydrogen) atoms. The standard InChI is InChI=1S/C14H10F2N2O5/c15-13-5-11(17(19)20)3-1-9(13)7-23-8-10-2-4-12(18(21)22)6-14(10)16/h1-6H,7-8H2. The first-order chi connectivity index (χ1) is 10.9. The number of rotatable bonds is 6. The van der Waals surface area contributed by atoms with Gasteiger partial charge in [0.25, 0.3) is 11.4 Å². The van der Waals surface area contributed by atoms with Gasteiger partial charge in [0.1, 0.15) is 11.6 Å². The maximum absolute atomic E-state index is 13.6. The lowest BCUT2D eigenvalue weighted by molar-refractivity contribution is -0.385. The maximum atomic E-state index is 13.6. The predicted octanol–water partition coefficient (Wildman–Crippen LogP) is 3.50. The van der Waals surface area contributed by atoms with E-state index in [0.29, 0.717) is 0 Å². The molecule has 0 aliphatic rings. The van der Waals surface area contributed by atoms with Crippen LogP contribution >= 0.6 is 0 Å². The molecule has 0 saturated carbocycles. The molecule has 2 aromatic rings. The van der Waals surface area contributed by atoms with Crippen molar-refractivity contribution in [1.29, 1.82) is 0 Å². The molecular weight excluding hydrogens is 314 g/mol. The molecule has 9 heteroatoms. The smallest absolute Gasteiger partial charge is 0.272 e. The molecule has 0 heterocycles. The molecule has 0 spiro atoms. The second-order valence-corrected chi connectivity index (χ2v) is 4.56. The average molecular weight is 324 g/mol. The predicted molar refractivity (Wildman–Crippen MR) is 74.6 cm³/mol. The molecule has 0 radical (unpaired) electrons. The molecule has 0 bridgehead atoms. The Kier molecular flexibility index (Phi) is 4.91. The van der Waals surface area contributed by atoms with E-state index >= 15 is 0 Å². The van der Waals surface area contributed by atoms with Gasteiger partial charge >= 0.3 is 0 Å². The number of halogens is 2. The first kappa shape index (κ1) is 16.4. The SMILES string of the molecule is O=[N+]([O-])c1ccc(COCc2ccc([N+](=O)[O-])cc2F)c(F)c1. The molecule has 0 fully saturated rings. The van der Waals surface area contributed by atoms with Gasteiger partial charge in [-0.05, 0) is 12.1 Å². The van der Waals surface area contributed by atoms with E-state index in [2.05, 4.69) is 0 Å². The molecule has 0 N–H and O–H groups in total. The van der Waals surface area contributed by atoms with Crippen LogP contribution in [0.25, 0.3) is 0 Å². The van der Waals surface area contributed by atoms with Gasteiger partial charge in [-0.3, -0.25) is 20.2 Å². The largest absolute Gasteiger partial charge is 0.372 e. The number of nitro benzene ring substituents is 2. The van der Waals surface area contributed by atoms with Gasteiger partial charge in [0.2, 0.25) is 0 Å². The summed E-state index contributed by atoms with van der Waals surface area (Å²) in [4.78, 5) is 19.5. The topological polar surface area (TPSA) is 95.5 Å². The van der Waals surface area contributed by atoms with E-state index in [-0.39, 0.29) is 35.7 Å². The Bertz CT molecular complexity index is 703. The van der Waals surface area contributed by atoms with Gasteiger partial charge in [-0.1, -0.05) is 0 Å². The third kappa shape index (κ3) is 4.04. The van der Waals surface area contributed by atoms with Gasteiger partial charge in [-0.2, -0.15) is 0 Å². The van der Waals surface area contributed by atoms with Gasteiger partial charge in [0.15, 0.2) is 0 Å². The second-order valence-electron chi connectivity index (χ2n) is 4.56. The molecular formula is C14H10F2N2O5. The van der Waals surface area contributed by atoms with Gasteiger partial charge < -0.3 is 4.74 Å². The third-order valence-corrected chi connectivity index (χ3v) is 3.01. The monoisotopic (exact) mass is 324 g/mol. The van der Waals surface area contributed by atoms with Crippen LogP contribution in [0.4, 0.5) is 20.2 Å². The number of benzene rings is 2. The Morgan fingerprint density at radius 1 is 0.826 bits per heavy atom. The maximum Gasteiger partial charge on any atom is 0.272 e. The fraction of sp³-hybridized carbons (Fsp3) is 0.143. The minimum Gasteiger partial charge on any atom is -0.372 e. The molecule has 0 saturated heterocycles. The number of nitro groups is 2. The Morgan fingerprint density at radius 2 is 1.22 bits per heavy atom. The Hall–Kier alpha value is -2.94. The summed E-state index contributed by atoms with van der Waals surface area (Å²) >= 11 is 0. The van der Waals surface area contributed by atoms with Crippen molar-refractivity contribution in [2.24, 2.45) is 0 Å². The highest BCUT2D eigenvalue weighted by atomic mass is 19.1. The molecule has 0 aromatic heterocycles. The first-order valence-corrected chi connectivity index (χ1v) is 6.32. The number of ether oxygens (including phenoxy) is 1. The van der Waals surface area contributed by atoms with Crippen molar-refractivity contribution in [1.82, 2.24) is 0 Å². The lowest BCUT2D eigenvalue weighted by Crippen LogP contribution is -2.00. The zero-order valence-electron chi connectivity index (χ0n) is 11.6. The van der Waals surface area contributed by atoms with E-state index in [1.807, 2.05) is 0 Å². The molecule has 0 aliphatic carbocycles. The summed E-state index contributed by atoms with van der Waals surface area (Å²) in [5.74, 6) is -1.60. The van der Waals surface area contributed by atoms with Crippen molar-refractivity contribution in [3.8, 4) is 0 Å². The van der Waals surface area contributed by atoms with Crippen molar-refractivity contribution >= 4 is 11.4 Å². The van der Waals surface area contributed by atoms with Crippen molar-refractivity contribution in [2.75, 3.05) is 0 Å². The van der Waals surface area contributed by atoms with Crippen molar-refractivity contribution in [3.63, 3.8) is 0 Å². The van der Waals surface area contributed by atoms with Gasteiger partial charge in [0, 0.05) is 23.3 Å². The van der Waals surface area contributed by atoms with Gasteiger partial charge in [-0.25, -0.2) is 8.78 Å². The van der Waals surface area contributed by atoms with E-state index in [4.69, 9.17) is 4.74 Å². The van der Waals surface area contributed by atoms with Crippen molar-refractivity contribution in [2.45, 2.75) is 13.2 Å². The second kappa shape index (κ2) is 6.88. The highest BCUT2D eigenvalue weighted by Gasteiger charge is 2.13. The minimum absolute atomic E-state index is 0.0814. The van der Waals surface area contributed by atoms with Gasteiger partial charge in [-0.15, -0.1) is 0 Å². The number of non-ortho nitro benzene ring substituents is 2. The van der Waals surface area contributed by atoms with Crippen LogP contribution in [0.15, 0.2) is 36.4 Å². The van der Waals surface area contributed by atoms with Crippen LogP contribution < -0.4 is 0 Å². The summed E-state index contributed by atoms with van der Waals surface area (Å²) in [5, 5.41) is 21.0. The third-order valence-electron chi connectivity index (χ3n) is 3.01. The normalized spacial score (nSPS) is 10.5. The number of hydrogen-bond acceptors (Lipinski definition) is 5. The van der Waals surface area contributed by atoms with Crippen LogP contribution in [0, 0.1) is 31.9 Å². The molecule has 0 unspecified atom stereocenters. The molecule has 0 amide bonds. The van der Waals surface area contributed by atoms with E-state index in [0.717, 1.165) is 24.3 Å². The molecule has 0 atom stereocenters. The van der Waals surface area contributed by atoms with Crippen LogP contribution in [-0.2, 0) is 18.0 Å². The Balaban J connectivity index is 2.00. The lowest BCUT2D eigenvalue weighted by Gasteiger charge is -2.06. The van der Waals surface area contributed by atoms with Crippen LogP contribution in [0.3, 0.4) is 0 Å². The number of nitrogens with zero attached hydrogens (tertiary/aromatic N) is 2. The Labute approximate surface area is 128 Å². The fourth-order valence-electron chi connectivity index (χ4n) is 1.80. The van der Waals surface area contributed by atoms with Crippen LogP contribution in [0.2, 0.25) is 0 Å². The molecule has 2 rings (SSSR count). The van der Waals surface area contributed by atoms with E-state index in [1.165, 1.54) is 12.1 Å². The Morgan fingerprint density at radius 3 is 1.52 bits per heavy atom. The first-order valence-electron chi connectivity index (χ1n) is 6.32. The summed E-state index contributed by atoms with van der Waals surface area (Å²) in [6, 6.07) is 6.22. The molecule has 7 nitrogen and oxygen atoms in total. The minimum atomic E-state index is -0.802. The van der Waals surface area contributed by atoms with Crippen LogP contribution in [0.5, 0.6) is 0 Å².